The predicted molar refractivity (Wildman–Crippen MR) is 72.3 cm³/mol. The Morgan fingerprint density at radius 1 is 1.33 bits per heavy atom. The monoisotopic (exact) mass is 250 g/mol. The molecule has 1 aromatic carbocycles. The molecular formula is C14H22N2O2. The quantitative estimate of drug-likeness (QED) is 0.825. The van der Waals surface area contributed by atoms with E-state index in [2.05, 4.69) is 10.2 Å². The summed E-state index contributed by atoms with van der Waals surface area (Å²) in [6.45, 7) is 5.66. The van der Waals surface area contributed by atoms with Crippen molar-refractivity contribution in [3.8, 4) is 11.5 Å². The van der Waals surface area contributed by atoms with Crippen molar-refractivity contribution in [2.24, 2.45) is 0 Å². The lowest BCUT2D eigenvalue weighted by molar-refractivity contribution is 0.238. The summed E-state index contributed by atoms with van der Waals surface area (Å²) in [7, 11) is 1.58. The van der Waals surface area contributed by atoms with Gasteiger partial charge in [0.2, 0.25) is 0 Å². The summed E-state index contributed by atoms with van der Waals surface area (Å²) in [5.41, 5.74) is 1.22. The number of rotatable bonds is 5. The van der Waals surface area contributed by atoms with Gasteiger partial charge in [-0.25, -0.2) is 0 Å². The van der Waals surface area contributed by atoms with Crippen LogP contribution in [0.4, 0.5) is 0 Å². The molecular weight excluding hydrogens is 228 g/mol. The number of nitrogens with one attached hydrogen (secondary N) is 1. The molecule has 1 fully saturated rings. The van der Waals surface area contributed by atoms with Gasteiger partial charge in [-0.3, -0.25) is 0 Å². The molecule has 2 rings (SSSR count). The third-order valence-electron chi connectivity index (χ3n) is 3.39. The number of hydrogen-bond donors (Lipinski definition) is 2. The number of phenols is 1. The molecule has 1 aliphatic heterocycles. The molecule has 0 amide bonds. The van der Waals surface area contributed by atoms with Crippen LogP contribution in [-0.2, 0) is 6.42 Å². The molecule has 1 saturated heterocycles. The molecule has 1 heterocycles. The van der Waals surface area contributed by atoms with Crippen LogP contribution in [0.3, 0.4) is 0 Å². The number of methoxy groups -OCH3 is 1. The number of aromatic hydroxyl groups is 1. The van der Waals surface area contributed by atoms with Gasteiger partial charge >= 0.3 is 0 Å². The van der Waals surface area contributed by atoms with Gasteiger partial charge in [0.1, 0.15) is 0 Å². The van der Waals surface area contributed by atoms with Gasteiger partial charge in [0.25, 0.3) is 0 Å². The van der Waals surface area contributed by atoms with Gasteiger partial charge in [0.15, 0.2) is 11.5 Å². The maximum atomic E-state index is 9.52. The highest BCUT2D eigenvalue weighted by atomic mass is 16.5. The highest BCUT2D eigenvalue weighted by molar-refractivity contribution is 5.41. The number of aryl methyl sites for hydroxylation is 1. The molecule has 0 unspecified atom stereocenters. The normalized spacial score (nSPS) is 16.7. The Balaban J connectivity index is 1.79. The molecule has 4 heteroatoms. The zero-order valence-electron chi connectivity index (χ0n) is 11.0. The highest BCUT2D eigenvalue weighted by Crippen LogP contribution is 2.26. The third kappa shape index (κ3) is 3.62. The molecule has 0 spiro atoms. The number of benzene rings is 1. The van der Waals surface area contributed by atoms with Gasteiger partial charge < -0.3 is 20.1 Å². The molecule has 1 aromatic rings. The maximum absolute atomic E-state index is 9.52. The topological polar surface area (TPSA) is 44.7 Å². The summed E-state index contributed by atoms with van der Waals surface area (Å²) in [5.74, 6) is 0.776. The zero-order valence-corrected chi connectivity index (χ0v) is 11.0. The molecule has 1 aliphatic rings. The van der Waals surface area contributed by atoms with E-state index >= 15 is 0 Å². The Labute approximate surface area is 109 Å². The molecule has 0 bridgehead atoms. The van der Waals surface area contributed by atoms with Crippen LogP contribution >= 0.6 is 0 Å². The average molecular weight is 250 g/mol. The van der Waals surface area contributed by atoms with Crippen LogP contribution in [0.1, 0.15) is 12.0 Å². The summed E-state index contributed by atoms with van der Waals surface area (Å²) in [6, 6.07) is 5.60. The van der Waals surface area contributed by atoms with Crippen LogP contribution in [0, 0.1) is 0 Å². The molecule has 0 atom stereocenters. The summed E-state index contributed by atoms with van der Waals surface area (Å²) < 4.78 is 5.11. The Morgan fingerprint density at radius 3 is 2.83 bits per heavy atom. The number of nitrogens with zero attached hydrogens (tertiary/aromatic N) is 1. The van der Waals surface area contributed by atoms with Crippen molar-refractivity contribution >= 4 is 0 Å². The van der Waals surface area contributed by atoms with E-state index < -0.39 is 0 Å². The van der Waals surface area contributed by atoms with Crippen molar-refractivity contribution < 1.29 is 9.84 Å². The zero-order chi connectivity index (χ0) is 12.8. The summed E-state index contributed by atoms with van der Waals surface area (Å²) >= 11 is 0. The Bertz CT molecular complexity index is 376. The van der Waals surface area contributed by atoms with Crippen molar-refractivity contribution in [1.82, 2.24) is 10.2 Å². The van der Waals surface area contributed by atoms with E-state index in [-0.39, 0.29) is 5.75 Å². The predicted octanol–water partition coefficient (Wildman–Crippen LogP) is 1.24. The van der Waals surface area contributed by atoms with Crippen LogP contribution in [0.5, 0.6) is 11.5 Å². The fourth-order valence-corrected chi connectivity index (χ4v) is 2.32. The van der Waals surface area contributed by atoms with E-state index in [0.717, 1.165) is 45.6 Å². The maximum Gasteiger partial charge on any atom is 0.160 e. The largest absolute Gasteiger partial charge is 0.504 e. The van der Waals surface area contributed by atoms with Crippen LogP contribution in [0.25, 0.3) is 0 Å². The van der Waals surface area contributed by atoms with E-state index in [1.807, 2.05) is 12.1 Å². The Morgan fingerprint density at radius 2 is 2.11 bits per heavy atom. The van der Waals surface area contributed by atoms with Crippen molar-refractivity contribution in [3.63, 3.8) is 0 Å². The standard InChI is InChI=1S/C14H22N2O2/c1-18-14-11-12(4-5-13(14)17)3-2-8-16-9-6-15-7-10-16/h4-5,11,15,17H,2-3,6-10H2,1H3. The molecule has 4 nitrogen and oxygen atoms in total. The van der Waals surface area contributed by atoms with Crippen LogP contribution in [0.15, 0.2) is 18.2 Å². The Hall–Kier alpha value is -1.26. The van der Waals surface area contributed by atoms with Crippen molar-refractivity contribution in [1.29, 1.82) is 0 Å². The summed E-state index contributed by atoms with van der Waals surface area (Å²) in [4.78, 5) is 2.49. The van der Waals surface area contributed by atoms with Gasteiger partial charge in [0, 0.05) is 26.2 Å². The van der Waals surface area contributed by atoms with Crippen molar-refractivity contribution in [2.75, 3.05) is 39.8 Å². The Kier molecular flexibility index (Phi) is 4.84. The van der Waals surface area contributed by atoms with Crippen LogP contribution < -0.4 is 10.1 Å². The summed E-state index contributed by atoms with van der Waals surface area (Å²) in [6.07, 6.45) is 2.18. The highest BCUT2D eigenvalue weighted by Gasteiger charge is 2.09. The van der Waals surface area contributed by atoms with E-state index in [0.29, 0.717) is 5.75 Å². The van der Waals surface area contributed by atoms with E-state index in [4.69, 9.17) is 4.74 Å². The first-order chi connectivity index (χ1) is 8.79. The molecule has 0 radical (unpaired) electrons. The fourth-order valence-electron chi connectivity index (χ4n) is 2.32. The van der Waals surface area contributed by atoms with E-state index in [9.17, 15) is 5.11 Å². The first-order valence-electron chi connectivity index (χ1n) is 6.58. The lowest BCUT2D eigenvalue weighted by Gasteiger charge is -2.27. The average Bonchev–Trinajstić information content (AvgIpc) is 2.42. The first kappa shape index (κ1) is 13.2. The number of ether oxygens (including phenoxy) is 1. The second-order valence-electron chi connectivity index (χ2n) is 4.70. The number of phenolic OH excluding ortho intramolecular Hbond substituents is 1. The van der Waals surface area contributed by atoms with Crippen molar-refractivity contribution in [3.05, 3.63) is 23.8 Å². The minimum absolute atomic E-state index is 0.211. The third-order valence-corrected chi connectivity index (χ3v) is 3.39. The number of hydrogen-bond acceptors (Lipinski definition) is 4. The molecule has 100 valence electrons. The lowest BCUT2D eigenvalue weighted by atomic mass is 10.1. The molecule has 18 heavy (non-hydrogen) atoms. The minimum atomic E-state index is 0.211. The van der Waals surface area contributed by atoms with Crippen LogP contribution in [-0.4, -0.2) is 49.8 Å². The van der Waals surface area contributed by atoms with Gasteiger partial charge in [-0.2, -0.15) is 0 Å². The SMILES string of the molecule is COc1cc(CCCN2CCNCC2)ccc1O. The van der Waals surface area contributed by atoms with Crippen molar-refractivity contribution in [2.45, 2.75) is 12.8 Å². The summed E-state index contributed by atoms with van der Waals surface area (Å²) in [5, 5.41) is 12.9. The first-order valence-corrected chi connectivity index (χ1v) is 6.58. The van der Waals surface area contributed by atoms with E-state index in [1.54, 1.807) is 13.2 Å². The van der Waals surface area contributed by atoms with Crippen LogP contribution in [0.2, 0.25) is 0 Å². The molecule has 0 aliphatic carbocycles. The molecule has 0 aromatic heterocycles. The smallest absolute Gasteiger partial charge is 0.160 e. The fraction of sp³-hybridized carbons (Fsp3) is 0.571. The second kappa shape index (κ2) is 6.61. The second-order valence-corrected chi connectivity index (χ2v) is 4.70. The number of piperazine rings is 1. The van der Waals surface area contributed by atoms with Gasteiger partial charge in [0.05, 0.1) is 7.11 Å². The van der Waals surface area contributed by atoms with Gasteiger partial charge in [-0.15, -0.1) is 0 Å². The van der Waals surface area contributed by atoms with E-state index in [1.165, 1.54) is 5.56 Å². The molecule has 0 saturated carbocycles. The minimum Gasteiger partial charge on any atom is -0.504 e. The van der Waals surface area contributed by atoms with Gasteiger partial charge in [-0.05, 0) is 37.1 Å². The van der Waals surface area contributed by atoms with Gasteiger partial charge in [-0.1, -0.05) is 6.07 Å². The molecule has 2 N–H and O–H groups in total. The lowest BCUT2D eigenvalue weighted by Crippen LogP contribution is -2.43.